The topological polar surface area (TPSA) is 43.4 Å². The van der Waals surface area contributed by atoms with Crippen molar-refractivity contribution in [2.75, 3.05) is 12.1 Å². The average Bonchev–Trinajstić information content (AvgIpc) is 1.67. The van der Waals surface area contributed by atoms with E-state index in [0.29, 0.717) is 0 Å². The van der Waals surface area contributed by atoms with Gasteiger partial charge >= 0.3 is 0 Å². The maximum atomic E-state index is 11.2. The highest BCUT2D eigenvalue weighted by Crippen LogP contribution is 1.93. The summed E-state index contributed by atoms with van der Waals surface area (Å²) >= 11 is 4.80. The predicted molar refractivity (Wildman–Crippen MR) is 26.7 cm³/mol. The summed E-state index contributed by atoms with van der Waals surface area (Å²) in [4.78, 5) is 0. The number of alkyl halides is 2. The second kappa shape index (κ2) is 3.21. The van der Waals surface area contributed by atoms with E-state index in [0.717, 1.165) is 0 Å². The molecule has 0 aromatic carbocycles. The zero-order valence-corrected chi connectivity index (χ0v) is 5.38. The van der Waals surface area contributed by atoms with Gasteiger partial charge in [-0.3, -0.25) is 4.18 Å². The predicted octanol–water partition coefficient (Wildman–Crippen LogP) is 0.456. The molecule has 0 rings (SSSR count). The first-order valence-corrected chi connectivity index (χ1v) is 3.72. The molecule has 6 heteroatoms. The third-order valence-electron chi connectivity index (χ3n) is 0.358. The van der Waals surface area contributed by atoms with Crippen molar-refractivity contribution >= 4 is 21.7 Å². The maximum Gasteiger partial charge on any atom is 0.298 e. The van der Waals surface area contributed by atoms with Gasteiger partial charge in [0.1, 0.15) is 6.07 Å². The lowest BCUT2D eigenvalue weighted by Crippen LogP contribution is -2.05. The van der Waals surface area contributed by atoms with Crippen LogP contribution in [0.15, 0.2) is 0 Å². The van der Waals surface area contributed by atoms with Gasteiger partial charge in [0.25, 0.3) is 10.1 Å². The molecule has 0 aliphatic heterocycles. The normalized spacial score (nSPS) is 11.8. The molecular formula is C2H4ClFO3S. The lowest BCUT2D eigenvalue weighted by molar-refractivity contribution is 0.361. The molecule has 0 bridgehead atoms. The van der Waals surface area contributed by atoms with Crippen LogP contribution < -0.4 is 0 Å². The molecule has 0 aromatic rings. The molecule has 0 unspecified atom stereocenters. The van der Waals surface area contributed by atoms with Gasteiger partial charge in [0.2, 0.25) is 6.01 Å². The average molecular weight is 163 g/mol. The Balaban J connectivity index is 3.76. The molecule has 0 saturated heterocycles. The Labute approximate surface area is 51.5 Å². The summed E-state index contributed by atoms with van der Waals surface area (Å²) < 4.78 is 34.8. The minimum absolute atomic E-state index is 0.535. The lowest BCUT2D eigenvalue weighted by Gasteiger charge is -1.92. The standard InChI is InChI=1S/C2H4ClFO3S/c3-1-7-8(5,6)2-4/h1-2H2. The third kappa shape index (κ3) is 3.17. The highest BCUT2D eigenvalue weighted by Gasteiger charge is 2.07. The minimum atomic E-state index is -3.97. The molecule has 0 atom stereocenters. The van der Waals surface area contributed by atoms with Gasteiger partial charge in [0, 0.05) is 0 Å². The Bertz CT molecular complexity index is 141. The van der Waals surface area contributed by atoms with Crippen molar-refractivity contribution in [3.8, 4) is 0 Å². The van der Waals surface area contributed by atoms with Crippen LogP contribution in [0.1, 0.15) is 0 Å². The van der Waals surface area contributed by atoms with E-state index >= 15 is 0 Å². The first-order valence-electron chi connectivity index (χ1n) is 1.61. The molecule has 0 radical (unpaired) electrons. The fraction of sp³-hybridized carbons (Fsp3) is 1.00. The van der Waals surface area contributed by atoms with Crippen LogP contribution in [-0.4, -0.2) is 20.5 Å². The number of rotatable bonds is 3. The van der Waals surface area contributed by atoms with Crippen LogP contribution in [0.4, 0.5) is 4.39 Å². The van der Waals surface area contributed by atoms with Crippen molar-refractivity contribution in [1.82, 2.24) is 0 Å². The van der Waals surface area contributed by atoms with E-state index in [-0.39, 0.29) is 0 Å². The molecular weight excluding hydrogens is 159 g/mol. The van der Waals surface area contributed by atoms with Crippen molar-refractivity contribution < 1.29 is 17.0 Å². The van der Waals surface area contributed by atoms with E-state index in [1.54, 1.807) is 0 Å². The van der Waals surface area contributed by atoms with E-state index < -0.39 is 22.2 Å². The zero-order valence-electron chi connectivity index (χ0n) is 3.80. The van der Waals surface area contributed by atoms with E-state index in [1.807, 2.05) is 0 Å². The van der Waals surface area contributed by atoms with Gasteiger partial charge in [0.15, 0.2) is 0 Å². The van der Waals surface area contributed by atoms with Crippen molar-refractivity contribution in [3.63, 3.8) is 0 Å². The van der Waals surface area contributed by atoms with E-state index in [4.69, 9.17) is 11.6 Å². The third-order valence-corrected chi connectivity index (χ3v) is 1.34. The lowest BCUT2D eigenvalue weighted by atomic mass is 11.7. The summed E-state index contributed by atoms with van der Waals surface area (Å²) in [5, 5.41) is 0. The summed E-state index contributed by atoms with van der Waals surface area (Å²) in [5.41, 5.74) is 0. The second-order valence-corrected chi connectivity index (χ2v) is 2.68. The second-order valence-electron chi connectivity index (χ2n) is 0.894. The molecule has 0 aliphatic rings. The van der Waals surface area contributed by atoms with Crippen LogP contribution in [-0.2, 0) is 14.3 Å². The Morgan fingerprint density at radius 1 is 1.62 bits per heavy atom. The van der Waals surface area contributed by atoms with Gasteiger partial charge in [-0.2, -0.15) is 8.42 Å². The molecule has 3 nitrogen and oxygen atoms in total. The first-order chi connectivity index (χ1) is 3.62. The van der Waals surface area contributed by atoms with Crippen LogP contribution >= 0.6 is 11.6 Å². The van der Waals surface area contributed by atoms with Crippen LogP contribution in [0.3, 0.4) is 0 Å². The number of hydrogen-bond donors (Lipinski definition) is 0. The Kier molecular flexibility index (Phi) is 3.27. The van der Waals surface area contributed by atoms with Crippen molar-refractivity contribution in [2.45, 2.75) is 0 Å². The van der Waals surface area contributed by atoms with Crippen LogP contribution in [0.2, 0.25) is 0 Å². The molecule has 0 amide bonds. The minimum Gasteiger partial charge on any atom is -0.252 e. The van der Waals surface area contributed by atoms with Crippen LogP contribution in [0.25, 0.3) is 0 Å². The summed E-state index contributed by atoms with van der Waals surface area (Å²) in [6, 6.07) is -2.06. The summed E-state index contributed by atoms with van der Waals surface area (Å²) in [6.45, 7) is 0. The highest BCUT2D eigenvalue weighted by molar-refractivity contribution is 7.86. The Morgan fingerprint density at radius 3 is 2.25 bits per heavy atom. The van der Waals surface area contributed by atoms with Crippen molar-refractivity contribution in [3.05, 3.63) is 0 Å². The maximum absolute atomic E-state index is 11.2. The zero-order chi connectivity index (χ0) is 6.62. The SMILES string of the molecule is O=S(=O)(CF)OCCl. The molecule has 0 aliphatic carbocycles. The first kappa shape index (κ1) is 8.13. The fourth-order valence-electron chi connectivity index (χ4n) is 0.0994. The van der Waals surface area contributed by atoms with Gasteiger partial charge < -0.3 is 0 Å². The van der Waals surface area contributed by atoms with E-state index in [1.165, 1.54) is 0 Å². The van der Waals surface area contributed by atoms with Gasteiger partial charge in [0.05, 0.1) is 0 Å². The Hall–Kier alpha value is 0.130. The summed E-state index contributed by atoms with van der Waals surface area (Å²) in [7, 11) is -3.97. The molecule has 0 N–H and O–H groups in total. The van der Waals surface area contributed by atoms with Gasteiger partial charge in [-0.25, -0.2) is 4.39 Å². The largest absolute Gasteiger partial charge is 0.298 e. The van der Waals surface area contributed by atoms with Gasteiger partial charge in [-0.05, 0) is 0 Å². The Morgan fingerprint density at radius 2 is 2.12 bits per heavy atom. The van der Waals surface area contributed by atoms with Crippen LogP contribution in [0.5, 0.6) is 0 Å². The number of hydrogen-bond acceptors (Lipinski definition) is 3. The van der Waals surface area contributed by atoms with Crippen LogP contribution in [0, 0.1) is 0 Å². The highest BCUT2D eigenvalue weighted by atomic mass is 35.5. The molecule has 0 heterocycles. The van der Waals surface area contributed by atoms with Crippen molar-refractivity contribution in [1.29, 1.82) is 0 Å². The summed E-state index contributed by atoms with van der Waals surface area (Å²) in [5.74, 6) is 0. The monoisotopic (exact) mass is 162 g/mol. The fourth-order valence-corrected chi connectivity index (χ4v) is 0.705. The van der Waals surface area contributed by atoms with Crippen molar-refractivity contribution in [2.24, 2.45) is 0 Å². The molecule has 8 heavy (non-hydrogen) atoms. The van der Waals surface area contributed by atoms with Gasteiger partial charge in [-0.15, -0.1) is 0 Å². The molecule has 0 spiro atoms. The molecule has 0 aromatic heterocycles. The van der Waals surface area contributed by atoms with E-state index in [9.17, 15) is 12.8 Å². The molecule has 0 fully saturated rings. The van der Waals surface area contributed by atoms with Gasteiger partial charge in [-0.1, -0.05) is 11.6 Å². The molecule has 0 saturated carbocycles. The van der Waals surface area contributed by atoms with E-state index in [2.05, 4.69) is 4.18 Å². The number of halogens is 2. The smallest absolute Gasteiger partial charge is 0.252 e. The molecule has 50 valence electrons. The summed E-state index contributed by atoms with van der Waals surface area (Å²) in [6.07, 6.45) is 0. The quantitative estimate of drug-likeness (QED) is 0.447.